The van der Waals surface area contributed by atoms with Gasteiger partial charge in [-0.15, -0.1) is 0 Å². The second-order valence-electron chi connectivity index (χ2n) is 9.50. The highest BCUT2D eigenvalue weighted by molar-refractivity contribution is 5.89. The molecule has 34 heavy (non-hydrogen) atoms. The molecule has 1 saturated heterocycles. The summed E-state index contributed by atoms with van der Waals surface area (Å²) in [5.74, 6) is 0.805. The van der Waals surface area contributed by atoms with Gasteiger partial charge in [0, 0.05) is 68.5 Å². The first-order valence-electron chi connectivity index (χ1n) is 12.0. The fraction of sp³-hybridized carbons (Fsp3) is 0.462. The van der Waals surface area contributed by atoms with Gasteiger partial charge < -0.3 is 24.6 Å². The molecule has 1 aromatic carbocycles. The van der Waals surface area contributed by atoms with Crippen molar-refractivity contribution < 1.29 is 14.6 Å². The molecule has 1 spiro atoms. The molecule has 5 rings (SSSR count). The largest absolute Gasteiger partial charge is 0.497 e. The number of aryl methyl sites for hydroxylation is 1. The number of ether oxygens (including phenoxy) is 1. The fourth-order valence-corrected chi connectivity index (χ4v) is 5.76. The number of aliphatic hydroxyl groups excluding tert-OH is 1. The van der Waals surface area contributed by atoms with Crippen LogP contribution in [0.5, 0.6) is 5.75 Å². The molecule has 8 heteroatoms. The van der Waals surface area contributed by atoms with Crippen LogP contribution in [-0.2, 0) is 19.0 Å². The molecule has 1 fully saturated rings. The molecule has 0 radical (unpaired) electrons. The van der Waals surface area contributed by atoms with Crippen molar-refractivity contribution in [1.29, 1.82) is 0 Å². The summed E-state index contributed by atoms with van der Waals surface area (Å²) in [6.07, 6.45) is 2.72. The number of pyridine rings is 1. The van der Waals surface area contributed by atoms with Crippen molar-refractivity contribution in [3.05, 3.63) is 59.5 Å². The number of amides is 2. The number of aromatic nitrogens is 2. The van der Waals surface area contributed by atoms with E-state index in [9.17, 15) is 9.90 Å². The van der Waals surface area contributed by atoms with Crippen LogP contribution in [0, 0.1) is 0 Å². The minimum atomic E-state index is -0.201. The lowest BCUT2D eigenvalue weighted by Crippen LogP contribution is -2.68. The molecular formula is C26H33N5O3. The Kier molecular flexibility index (Phi) is 5.95. The Morgan fingerprint density at radius 1 is 1.26 bits per heavy atom. The molecule has 4 heterocycles. The zero-order valence-electron chi connectivity index (χ0n) is 20.1. The molecule has 2 aliphatic rings. The van der Waals surface area contributed by atoms with E-state index < -0.39 is 0 Å². The highest BCUT2D eigenvalue weighted by Crippen LogP contribution is 2.49. The third kappa shape index (κ3) is 3.61. The van der Waals surface area contributed by atoms with Crippen molar-refractivity contribution in [3.8, 4) is 5.75 Å². The molecule has 8 nitrogen and oxygen atoms in total. The molecule has 2 amide bonds. The first-order valence-corrected chi connectivity index (χ1v) is 12.0. The van der Waals surface area contributed by atoms with E-state index in [4.69, 9.17) is 4.74 Å². The molecule has 2 N–H and O–H groups in total. The molecule has 2 aliphatic heterocycles. The van der Waals surface area contributed by atoms with Gasteiger partial charge in [0.25, 0.3) is 0 Å². The number of nitrogens with one attached hydrogen (secondary N) is 1. The third-order valence-electron chi connectivity index (χ3n) is 7.31. The van der Waals surface area contributed by atoms with Gasteiger partial charge in [0.2, 0.25) is 0 Å². The topological polar surface area (TPSA) is 82.9 Å². The second-order valence-corrected chi connectivity index (χ2v) is 9.50. The molecule has 0 saturated carbocycles. The zero-order chi connectivity index (χ0) is 23.9. The van der Waals surface area contributed by atoms with E-state index in [-0.39, 0.29) is 24.1 Å². The van der Waals surface area contributed by atoms with Crippen LogP contribution in [0.4, 0.5) is 4.79 Å². The molecule has 1 atom stereocenters. The first kappa shape index (κ1) is 22.7. The highest BCUT2D eigenvalue weighted by Gasteiger charge is 2.54. The van der Waals surface area contributed by atoms with Gasteiger partial charge in [-0.25, -0.2) is 4.79 Å². The number of likely N-dealkylation sites (tertiary alicyclic amines) is 1. The predicted octanol–water partition coefficient (Wildman–Crippen LogP) is 2.80. The predicted molar refractivity (Wildman–Crippen MR) is 131 cm³/mol. The van der Waals surface area contributed by atoms with Gasteiger partial charge in [0.15, 0.2) is 0 Å². The number of carbonyl (C=O) groups excluding carboxylic acids is 1. The van der Waals surface area contributed by atoms with Crippen LogP contribution < -0.4 is 10.1 Å². The summed E-state index contributed by atoms with van der Waals surface area (Å²) in [6, 6.07) is 11.9. The molecule has 0 aliphatic carbocycles. The quantitative estimate of drug-likeness (QED) is 0.588. The molecular weight excluding hydrogens is 430 g/mol. The van der Waals surface area contributed by atoms with E-state index >= 15 is 0 Å². The number of hydrogen-bond donors (Lipinski definition) is 2. The Labute approximate surface area is 200 Å². The van der Waals surface area contributed by atoms with E-state index in [0.717, 1.165) is 35.6 Å². The molecule has 0 unspecified atom stereocenters. The highest BCUT2D eigenvalue weighted by atomic mass is 16.5. The summed E-state index contributed by atoms with van der Waals surface area (Å²) >= 11 is 0. The van der Waals surface area contributed by atoms with E-state index in [1.165, 1.54) is 10.9 Å². The zero-order valence-corrected chi connectivity index (χ0v) is 20.1. The number of carbonyl (C=O) groups is 1. The lowest BCUT2D eigenvalue weighted by atomic mass is 9.68. The normalized spacial score (nSPS) is 19.2. The minimum Gasteiger partial charge on any atom is -0.497 e. The maximum Gasteiger partial charge on any atom is 0.317 e. The van der Waals surface area contributed by atoms with Crippen molar-refractivity contribution >= 4 is 16.9 Å². The van der Waals surface area contributed by atoms with Gasteiger partial charge >= 0.3 is 6.03 Å². The van der Waals surface area contributed by atoms with E-state index in [1.807, 2.05) is 29.2 Å². The number of fused-ring (bicyclic) bond motifs is 4. The van der Waals surface area contributed by atoms with Crippen LogP contribution in [0.3, 0.4) is 0 Å². The van der Waals surface area contributed by atoms with Crippen molar-refractivity contribution in [2.24, 2.45) is 7.05 Å². The van der Waals surface area contributed by atoms with Crippen LogP contribution in [0.15, 0.2) is 42.6 Å². The van der Waals surface area contributed by atoms with Crippen LogP contribution in [-0.4, -0.2) is 70.4 Å². The van der Waals surface area contributed by atoms with Crippen LogP contribution in [0.1, 0.15) is 36.3 Å². The van der Waals surface area contributed by atoms with Crippen molar-refractivity contribution in [1.82, 2.24) is 24.7 Å². The lowest BCUT2D eigenvalue weighted by molar-refractivity contribution is 0.00804. The number of aliphatic hydroxyl groups is 1. The monoisotopic (exact) mass is 463 g/mol. The first-order chi connectivity index (χ1) is 16.5. The van der Waals surface area contributed by atoms with E-state index in [1.54, 1.807) is 13.3 Å². The molecule has 3 aromatic rings. The SMILES string of the molecule is CCCNC(=O)N1CC2(C1)CN(Cc1ccccn1)[C@@H](CO)c1c2c2ccc(OC)cc2n1C. The summed E-state index contributed by atoms with van der Waals surface area (Å²) in [6.45, 7) is 5.44. The Morgan fingerprint density at radius 2 is 2.09 bits per heavy atom. The Bertz CT molecular complexity index is 1190. The molecule has 0 bridgehead atoms. The molecule has 2 aromatic heterocycles. The number of rotatable bonds is 6. The third-order valence-corrected chi connectivity index (χ3v) is 7.31. The Morgan fingerprint density at radius 3 is 2.76 bits per heavy atom. The molecule has 180 valence electrons. The Hall–Kier alpha value is -3.10. The second kappa shape index (κ2) is 8.92. The fourth-order valence-electron chi connectivity index (χ4n) is 5.76. The van der Waals surface area contributed by atoms with Gasteiger partial charge in [-0.3, -0.25) is 9.88 Å². The van der Waals surface area contributed by atoms with Gasteiger partial charge in [-0.05, 0) is 36.2 Å². The van der Waals surface area contributed by atoms with Gasteiger partial charge in [-0.1, -0.05) is 13.0 Å². The number of nitrogens with zero attached hydrogens (tertiary/aromatic N) is 4. The smallest absolute Gasteiger partial charge is 0.317 e. The standard InChI is InChI=1S/C26H33N5O3/c1-4-10-28-25(33)31-16-26(17-31)15-30(13-18-7-5-6-11-27-18)22(14-32)24-23(26)20-9-8-19(34-3)12-21(20)29(24)2/h5-9,11-12,22,32H,4,10,13-17H2,1-3H3,(H,28,33)/t22-/m0/s1. The van der Waals surface area contributed by atoms with Crippen molar-refractivity contribution in [2.45, 2.75) is 31.3 Å². The van der Waals surface area contributed by atoms with E-state index in [0.29, 0.717) is 26.2 Å². The van der Waals surface area contributed by atoms with Crippen molar-refractivity contribution in [2.75, 3.05) is 39.9 Å². The lowest BCUT2D eigenvalue weighted by Gasteiger charge is -2.56. The van der Waals surface area contributed by atoms with Gasteiger partial charge in [-0.2, -0.15) is 0 Å². The summed E-state index contributed by atoms with van der Waals surface area (Å²) in [5.41, 5.74) is 4.21. The van der Waals surface area contributed by atoms with Crippen LogP contribution in [0.2, 0.25) is 0 Å². The summed E-state index contributed by atoms with van der Waals surface area (Å²) < 4.78 is 7.69. The average Bonchev–Trinajstić information content (AvgIpc) is 3.13. The Balaban J connectivity index is 1.59. The summed E-state index contributed by atoms with van der Waals surface area (Å²) in [5, 5.41) is 14.7. The van der Waals surface area contributed by atoms with Crippen LogP contribution >= 0.6 is 0 Å². The number of hydrogen-bond acceptors (Lipinski definition) is 5. The van der Waals surface area contributed by atoms with Gasteiger partial charge in [0.1, 0.15) is 5.75 Å². The van der Waals surface area contributed by atoms with Crippen molar-refractivity contribution in [3.63, 3.8) is 0 Å². The minimum absolute atomic E-state index is 0.00325. The summed E-state index contributed by atoms with van der Waals surface area (Å²) in [7, 11) is 3.74. The maximum absolute atomic E-state index is 12.7. The number of methoxy groups -OCH3 is 1. The van der Waals surface area contributed by atoms with Gasteiger partial charge in [0.05, 0.1) is 31.0 Å². The van der Waals surface area contributed by atoms with Crippen LogP contribution in [0.25, 0.3) is 10.9 Å². The number of urea groups is 1. The number of benzene rings is 1. The summed E-state index contributed by atoms with van der Waals surface area (Å²) in [4.78, 5) is 21.5. The average molecular weight is 464 g/mol. The maximum atomic E-state index is 12.7. The van der Waals surface area contributed by atoms with E-state index in [2.05, 4.69) is 45.9 Å².